The van der Waals surface area contributed by atoms with Crippen molar-refractivity contribution in [1.29, 1.82) is 0 Å². The lowest BCUT2D eigenvalue weighted by molar-refractivity contribution is -0.120. The average molecular weight is 515 g/mol. The summed E-state index contributed by atoms with van der Waals surface area (Å²) in [7, 11) is 1.87. The van der Waals surface area contributed by atoms with Crippen LogP contribution < -0.4 is 15.0 Å². The van der Waals surface area contributed by atoms with E-state index in [4.69, 9.17) is 9.72 Å². The zero-order valence-corrected chi connectivity index (χ0v) is 22.4. The molecule has 1 N–H and O–H groups in total. The van der Waals surface area contributed by atoms with Crippen LogP contribution in [0.3, 0.4) is 0 Å². The second kappa shape index (κ2) is 9.23. The van der Waals surface area contributed by atoms with Gasteiger partial charge in [-0.2, -0.15) is 0 Å². The van der Waals surface area contributed by atoms with Gasteiger partial charge in [0.05, 0.1) is 23.5 Å². The van der Waals surface area contributed by atoms with Crippen molar-refractivity contribution in [3.63, 3.8) is 0 Å². The summed E-state index contributed by atoms with van der Waals surface area (Å²) in [6.45, 7) is 8.66. The number of rotatable bonds is 6. The molecule has 6 rings (SSSR count). The van der Waals surface area contributed by atoms with Crippen molar-refractivity contribution in [3.05, 3.63) is 59.4 Å². The van der Waals surface area contributed by atoms with Crippen molar-refractivity contribution in [2.24, 2.45) is 13.0 Å². The maximum Gasteiger partial charge on any atom is 0.329 e. The smallest absolute Gasteiger partial charge is 0.329 e. The van der Waals surface area contributed by atoms with E-state index in [1.165, 1.54) is 11.1 Å². The molecule has 1 aliphatic carbocycles. The lowest BCUT2D eigenvalue weighted by Gasteiger charge is -2.33. The van der Waals surface area contributed by atoms with Gasteiger partial charge in [0, 0.05) is 33.1 Å². The Morgan fingerprint density at radius 1 is 1.11 bits per heavy atom. The number of aromatic nitrogens is 3. The maximum absolute atomic E-state index is 12.3. The SMILES string of the molecule is CC1CC(Oc2ccc(CN3Cc4ccc(-c5ncc(N6CCC(=O)NC6=O)n5C)nc4C3(C)C)cc2)C1. The zero-order chi connectivity index (χ0) is 26.6. The van der Waals surface area contributed by atoms with Gasteiger partial charge in [0.15, 0.2) is 5.82 Å². The Kier molecular flexibility index (Phi) is 5.98. The van der Waals surface area contributed by atoms with Crippen molar-refractivity contribution < 1.29 is 14.3 Å². The highest BCUT2D eigenvalue weighted by atomic mass is 16.5. The molecule has 4 heterocycles. The first-order valence-electron chi connectivity index (χ1n) is 13.3. The molecule has 3 aliphatic rings. The molecule has 2 aliphatic heterocycles. The number of amides is 3. The summed E-state index contributed by atoms with van der Waals surface area (Å²) in [5.74, 6) is 2.78. The fourth-order valence-electron chi connectivity index (χ4n) is 5.76. The monoisotopic (exact) mass is 514 g/mol. The number of benzene rings is 1. The summed E-state index contributed by atoms with van der Waals surface area (Å²) in [6.07, 6.45) is 4.58. The molecule has 0 spiro atoms. The Hall–Kier alpha value is -3.72. The van der Waals surface area contributed by atoms with Crippen LogP contribution in [0.15, 0.2) is 42.6 Å². The number of imide groups is 1. The summed E-state index contributed by atoms with van der Waals surface area (Å²) in [6, 6.07) is 12.2. The molecule has 0 radical (unpaired) electrons. The highest BCUT2D eigenvalue weighted by molar-refractivity contribution is 6.05. The number of fused-ring (bicyclic) bond motifs is 1. The maximum atomic E-state index is 12.3. The molecule has 0 unspecified atom stereocenters. The van der Waals surface area contributed by atoms with Gasteiger partial charge in [-0.05, 0) is 61.9 Å². The minimum absolute atomic E-state index is 0.256. The Morgan fingerprint density at radius 2 is 1.87 bits per heavy atom. The highest BCUT2D eigenvalue weighted by Gasteiger charge is 2.39. The molecule has 9 nitrogen and oxygen atoms in total. The van der Waals surface area contributed by atoms with Crippen LogP contribution in [0.25, 0.3) is 11.5 Å². The second-order valence-electron chi connectivity index (χ2n) is 11.3. The summed E-state index contributed by atoms with van der Waals surface area (Å²) < 4.78 is 7.94. The number of hydrogen-bond acceptors (Lipinski definition) is 6. The Balaban J connectivity index is 1.18. The van der Waals surface area contributed by atoms with Crippen molar-refractivity contribution >= 4 is 17.8 Å². The molecule has 1 saturated carbocycles. The van der Waals surface area contributed by atoms with Crippen LogP contribution in [-0.4, -0.2) is 44.0 Å². The number of carbonyl (C=O) groups is 2. The average Bonchev–Trinajstić information content (AvgIpc) is 3.35. The van der Waals surface area contributed by atoms with E-state index in [0.717, 1.165) is 49.0 Å². The van der Waals surface area contributed by atoms with Crippen LogP contribution in [0.5, 0.6) is 5.75 Å². The van der Waals surface area contributed by atoms with Crippen molar-refractivity contribution in [1.82, 2.24) is 24.8 Å². The normalized spacial score (nSPS) is 22.7. The fourth-order valence-corrected chi connectivity index (χ4v) is 5.76. The molecule has 38 heavy (non-hydrogen) atoms. The molecule has 1 saturated heterocycles. The lowest BCUT2D eigenvalue weighted by Crippen LogP contribution is -2.50. The van der Waals surface area contributed by atoms with E-state index >= 15 is 0 Å². The third-order valence-corrected chi connectivity index (χ3v) is 8.16. The summed E-state index contributed by atoms with van der Waals surface area (Å²) in [4.78, 5) is 37.5. The van der Waals surface area contributed by atoms with Crippen LogP contribution in [0, 0.1) is 5.92 Å². The predicted octanol–water partition coefficient (Wildman–Crippen LogP) is 4.36. The molecule has 198 valence electrons. The molecule has 0 bridgehead atoms. The number of anilines is 1. The number of hydrogen-bond donors (Lipinski definition) is 1. The van der Waals surface area contributed by atoms with E-state index in [0.29, 0.717) is 24.3 Å². The van der Waals surface area contributed by atoms with Crippen LogP contribution >= 0.6 is 0 Å². The topological polar surface area (TPSA) is 92.6 Å². The van der Waals surface area contributed by atoms with E-state index in [-0.39, 0.29) is 17.9 Å². The van der Waals surface area contributed by atoms with E-state index in [1.54, 1.807) is 11.1 Å². The molecular weight excluding hydrogens is 480 g/mol. The van der Waals surface area contributed by atoms with Gasteiger partial charge >= 0.3 is 6.03 Å². The van der Waals surface area contributed by atoms with Gasteiger partial charge in [0.25, 0.3) is 0 Å². The standard InChI is InChI=1S/C29H34N6O3/c1-18-13-22(14-18)38-21-8-5-19(6-9-21)16-34-17-20-7-10-23(31-26(20)29(34,2)3)27-30-15-25(33(27)4)35-12-11-24(36)32-28(35)37/h5-10,15,18,22H,11-14,16-17H2,1-4H3,(H,32,36,37). The molecule has 9 heteroatoms. The molecule has 2 fully saturated rings. The van der Waals surface area contributed by atoms with Crippen molar-refractivity contribution in [2.75, 3.05) is 11.4 Å². The lowest BCUT2D eigenvalue weighted by atomic mass is 9.84. The van der Waals surface area contributed by atoms with Crippen LogP contribution in [-0.2, 0) is 30.5 Å². The van der Waals surface area contributed by atoms with Crippen LogP contribution in [0.2, 0.25) is 0 Å². The minimum Gasteiger partial charge on any atom is -0.490 e. The molecule has 3 aromatic rings. The molecule has 1 aromatic carbocycles. The minimum atomic E-state index is -0.424. The van der Waals surface area contributed by atoms with E-state index in [2.05, 4.69) is 66.3 Å². The summed E-state index contributed by atoms with van der Waals surface area (Å²) >= 11 is 0. The number of nitrogens with zero attached hydrogens (tertiary/aromatic N) is 5. The third-order valence-electron chi connectivity index (χ3n) is 8.16. The third kappa shape index (κ3) is 4.34. The van der Waals surface area contributed by atoms with Crippen molar-refractivity contribution in [2.45, 2.75) is 64.8 Å². The molecule has 2 aromatic heterocycles. The number of carbonyl (C=O) groups excluding carboxylic acids is 2. The summed E-state index contributed by atoms with van der Waals surface area (Å²) in [5, 5.41) is 2.37. The van der Waals surface area contributed by atoms with Crippen LogP contribution in [0.1, 0.15) is 56.9 Å². The Morgan fingerprint density at radius 3 is 2.58 bits per heavy atom. The van der Waals surface area contributed by atoms with Crippen LogP contribution in [0.4, 0.5) is 10.6 Å². The van der Waals surface area contributed by atoms with Gasteiger partial charge in [-0.3, -0.25) is 19.9 Å². The van der Waals surface area contributed by atoms with Gasteiger partial charge < -0.3 is 9.30 Å². The zero-order valence-electron chi connectivity index (χ0n) is 22.4. The number of nitrogens with one attached hydrogen (secondary N) is 1. The van der Waals surface area contributed by atoms with Gasteiger partial charge in [-0.1, -0.05) is 25.1 Å². The van der Waals surface area contributed by atoms with Gasteiger partial charge in [0.1, 0.15) is 17.3 Å². The Bertz CT molecular complexity index is 1390. The van der Waals surface area contributed by atoms with Gasteiger partial charge in [0.2, 0.25) is 5.91 Å². The first kappa shape index (κ1) is 24.6. The van der Waals surface area contributed by atoms with E-state index < -0.39 is 6.03 Å². The molecule has 0 atom stereocenters. The fraction of sp³-hybridized carbons (Fsp3) is 0.448. The van der Waals surface area contributed by atoms with Crippen molar-refractivity contribution in [3.8, 4) is 17.3 Å². The Labute approximate surface area is 222 Å². The van der Waals surface area contributed by atoms with Gasteiger partial charge in [-0.15, -0.1) is 0 Å². The predicted molar refractivity (Wildman–Crippen MR) is 143 cm³/mol. The first-order valence-corrected chi connectivity index (χ1v) is 13.3. The number of ether oxygens (including phenoxy) is 1. The number of pyridine rings is 1. The van der Waals surface area contributed by atoms with E-state index in [9.17, 15) is 9.59 Å². The first-order chi connectivity index (χ1) is 18.2. The van der Waals surface area contributed by atoms with E-state index in [1.807, 2.05) is 17.7 Å². The second-order valence-corrected chi connectivity index (χ2v) is 11.3. The summed E-state index contributed by atoms with van der Waals surface area (Å²) in [5.41, 5.74) is 3.99. The molecular formula is C29H34N6O3. The molecule has 3 amide bonds. The number of imidazole rings is 1. The quantitative estimate of drug-likeness (QED) is 0.526. The van der Waals surface area contributed by atoms with Gasteiger partial charge in [-0.25, -0.2) is 14.8 Å². The largest absolute Gasteiger partial charge is 0.490 e. The highest BCUT2D eigenvalue weighted by Crippen LogP contribution is 2.40. The number of urea groups is 1.